The third kappa shape index (κ3) is 6.62. The third-order valence-electron chi connectivity index (χ3n) is 2.50. The molecule has 0 amide bonds. The van der Waals surface area contributed by atoms with Gasteiger partial charge < -0.3 is 5.11 Å². The van der Waals surface area contributed by atoms with E-state index in [9.17, 15) is 4.79 Å². The van der Waals surface area contributed by atoms with E-state index in [1.54, 1.807) is 6.92 Å². The maximum absolute atomic E-state index is 10.7. The van der Waals surface area contributed by atoms with Gasteiger partial charge in [-0.05, 0) is 30.4 Å². The monoisotopic (exact) mass is 264 g/mol. The van der Waals surface area contributed by atoms with Gasteiger partial charge in [-0.2, -0.15) is 0 Å². The summed E-state index contributed by atoms with van der Waals surface area (Å²) in [5.41, 5.74) is 2.43. The number of hydrogen-bond donors (Lipinski definition) is 1. The van der Waals surface area contributed by atoms with E-state index in [4.69, 9.17) is 5.11 Å². The van der Waals surface area contributed by atoms with Gasteiger partial charge in [-0.25, -0.2) is 0 Å². The third-order valence-corrected chi connectivity index (χ3v) is 3.35. The maximum Gasteiger partial charge on any atom is 0.185 e. The van der Waals surface area contributed by atoms with Crippen molar-refractivity contribution in [2.24, 2.45) is 0 Å². The largest absolute Gasteiger partial charge is 0.396 e. The Labute approximate surface area is 113 Å². The smallest absolute Gasteiger partial charge is 0.185 e. The number of aliphatic hydroxyl groups is 1. The number of allylic oxidation sites excluding steroid dienone is 1. The molecule has 0 aliphatic rings. The van der Waals surface area contributed by atoms with E-state index >= 15 is 0 Å². The average molecular weight is 264 g/mol. The van der Waals surface area contributed by atoms with Gasteiger partial charge in [0.15, 0.2) is 5.12 Å². The molecule has 0 heterocycles. The molecule has 1 aromatic carbocycles. The van der Waals surface area contributed by atoms with Crippen molar-refractivity contribution in [2.75, 3.05) is 12.4 Å². The summed E-state index contributed by atoms with van der Waals surface area (Å²) < 4.78 is 0. The van der Waals surface area contributed by atoms with Gasteiger partial charge in [-0.3, -0.25) is 4.79 Å². The zero-order valence-electron chi connectivity index (χ0n) is 10.8. The molecule has 1 N–H and O–H groups in total. The molecule has 0 fully saturated rings. The molecular weight excluding hydrogens is 244 g/mol. The van der Waals surface area contributed by atoms with Crippen molar-refractivity contribution in [1.29, 1.82) is 0 Å². The summed E-state index contributed by atoms with van der Waals surface area (Å²) >= 11 is 1.36. The summed E-state index contributed by atoms with van der Waals surface area (Å²) in [7, 11) is 0. The van der Waals surface area contributed by atoms with Crippen LogP contribution in [0.15, 0.2) is 30.3 Å². The second-order valence-corrected chi connectivity index (χ2v) is 5.37. The lowest BCUT2D eigenvalue weighted by atomic mass is 10.1. The van der Waals surface area contributed by atoms with E-state index < -0.39 is 0 Å². The minimum absolute atomic E-state index is 0.177. The van der Waals surface area contributed by atoms with Crippen LogP contribution >= 0.6 is 11.8 Å². The van der Waals surface area contributed by atoms with Gasteiger partial charge in [0.1, 0.15) is 0 Å². The minimum atomic E-state index is 0.177. The molecule has 0 spiro atoms. The summed E-state index contributed by atoms with van der Waals surface area (Å²) in [6.45, 7) is 1.84. The first-order chi connectivity index (χ1) is 8.72. The molecule has 3 heteroatoms. The molecule has 0 bridgehead atoms. The Hall–Kier alpha value is -1.06. The number of thioether (sulfide) groups is 1. The quantitative estimate of drug-likeness (QED) is 0.768. The lowest BCUT2D eigenvalue weighted by molar-refractivity contribution is -0.109. The summed E-state index contributed by atoms with van der Waals surface area (Å²) in [4.78, 5) is 10.7. The van der Waals surface area contributed by atoms with Crippen LogP contribution < -0.4 is 0 Å². The average Bonchev–Trinajstić information content (AvgIpc) is 2.37. The molecule has 98 valence electrons. The fraction of sp³-hybridized carbons (Fsp3) is 0.400. The van der Waals surface area contributed by atoms with Gasteiger partial charge in [0.05, 0.1) is 0 Å². The maximum atomic E-state index is 10.7. The van der Waals surface area contributed by atoms with Crippen molar-refractivity contribution < 1.29 is 9.90 Å². The molecule has 1 rings (SSSR count). The van der Waals surface area contributed by atoms with Crippen LogP contribution in [0.25, 0.3) is 6.08 Å². The van der Waals surface area contributed by atoms with Crippen molar-refractivity contribution in [3.8, 4) is 0 Å². The Morgan fingerprint density at radius 3 is 2.67 bits per heavy atom. The van der Waals surface area contributed by atoms with Crippen LogP contribution in [0.1, 0.15) is 30.9 Å². The first-order valence-corrected chi connectivity index (χ1v) is 7.20. The Morgan fingerprint density at radius 2 is 2.06 bits per heavy atom. The van der Waals surface area contributed by atoms with Gasteiger partial charge in [-0.15, -0.1) is 0 Å². The lowest BCUT2D eigenvalue weighted by Crippen LogP contribution is -1.89. The summed E-state index contributed by atoms with van der Waals surface area (Å²) in [6, 6.07) is 8.36. The van der Waals surface area contributed by atoms with Crippen LogP contribution in [-0.4, -0.2) is 22.6 Å². The molecule has 2 nitrogen and oxygen atoms in total. The Kier molecular flexibility index (Phi) is 7.46. The van der Waals surface area contributed by atoms with Crippen LogP contribution in [0.2, 0.25) is 0 Å². The number of rotatable bonds is 7. The molecule has 0 saturated heterocycles. The van der Waals surface area contributed by atoms with Crippen molar-refractivity contribution in [1.82, 2.24) is 0 Å². The van der Waals surface area contributed by atoms with E-state index in [0.717, 1.165) is 25.0 Å². The summed E-state index contributed by atoms with van der Waals surface area (Å²) in [5, 5.41) is 8.93. The SMILES string of the molecule is CC(=O)SCCC=Cc1ccc(CCCO)cc1. The molecule has 0 aliphatic carbocycles. The van der Waals surface area contributed by atoms with Gasteiger partial charge in [-0.1, -0.05) is 48.2 Å². The molecule has 0 saturated carbocycles. The number of hydrogen-bond acceptors (Lipinski definition) is 3. The Morgan fingerprint density at radius 1 is 1.33 bits per heavy atom. The van der Waals surface area contributed by atoms with Crippen LogP contribution in [0.5, 0.6) is 0 Å². The minimum Gasteiger partial charge on any atom is -0.396 e. The standard InChI is InChI=1S/C15H20O2S/c1-13(17)18-12-3-2-5-14-7-9-15(10-8-14)6-4-11-16/h2,5,7-10,16H,3-4,6,11-12H2,1H3. The second kappa shape index (κ2) is 8.95. The normalized spacial score (nSPS) is 11.0. The Balaban J connectivity index is 2.33. The molecular formula is C15H20O2S. The van der Waals surface area contributed by atoms with Gasteiger partial charge >= 0.3 is 0 Å². The summed E-state index contributed by atoms with van der Waals surface area (Å²) in [6.07, 6.45) is 6.83. The molecule has 0 atom stereocenters. The number of carbonyl (C=O) groups excluding carboxylic acids is 1. The lowest BCUT2D eigenvalue weighted by Gasteiger charge is -2.00. The Bertz CT molecular complexity index is 382. The first-order valence-electron chi connectivity index (χ1n) is 6.22. The van der Waals surface area contributed by atoms with Crippen LogP contribution in [0.3, 0.4) is 0 Å². The molecule has 0 unspecified atom stereocenters. The molecule has 0 radical (unpaired) electrons. The number of benzene rings is 1. The predicted octanol–water partition coefficient (Wildman–Crippen LogP) is 3.29. The first kappa shape index (κ1) is 15.0. The highest BCUT2D eigenvalue weighted by molar-refractivity contribution is 8.13. The van der Waals surface area contributed by atoms with Crippen molar-refractivity contribution in [3.05, 3.63) is 41.5 Å². The fourth-order valence-corrected chi connectivity index (χ4v) is 2.11. The fourth-order valence-electron chi connectivity index (χ4n) is 1.57. The van der Waals surface area contributed by atoms with E-state index in [-0.39, 0.29) is 11.7 Å². The zero-order chi connectivity index (χ0) is 13.2. The van der Waals surface area contributed by atoms with E-state index in [1.165, 1.54) is 22.9 Å². The van der Waals surface area contributed by atoms with E-state index in [1.807, 2.05) is 0 Å². The zero-order valence-corrected chi connectivity index (χ0v) is 11.6. The van der Waals surface area contributed by atoms with Gasteiger partial charge in [0.2, 0.25) is 0 Å². The number of aryl methyl sites for hydroxylation is 1. The van der Waals surface area contributed by atoms with Crippen molar-refractivity contribution in [2.45, 2.75) is 26.2 Å². The van der Waals surface area contributed by atoms with Crippen LogP contribution in [-0.2, 0) is 11.2 Å². The highest BCUT2D eigenvalue weighted by Crippen LogP contribution is 2.10. The molecule has 18 heavy (non-hydrogen) atoms. The number of aliphatic hydroxyl groups excluding tert-OH is 1. The summed E-state index contributed by atoms with van der Waals surface area (Å²) in [5.74, 6) is 0.848. The van der Waals surface area contributed by atoms with Crippen molar-refractivity contribution in [3.63, 3.8) is 0 Å². The molecule has 0 aromatic heterocycles. The second-order valence-electron chi connectivity index (χ2n) is 4.10. The van der Waals surface area contributed by atoms with Gasteiger partial charge in [0, 0.05) is 19.3 Å². The van der Waals surface area contributed by atoms with Gasteiger partial charge in [0.25, 0.3) is 0 Å². The predicted molar refractivity (Wildman–Crippen MR) is 78.6 cm³/mol. The van der Waals surface area contributed by atoms with Crippen molar-refractivity contribution >= 4 is 23.0 Å². The number of carbonyl (C=O) groups is 1. The topological polar surface area (TPSA) is 37.3 Å². The van der Waals surface area contributed by atoms with E-state index in [0.29, 0.717) is 0 Å². The van der Waals surface area contributed by atoms with E-state index in [2.05, 4.69) is 36.4 Å². The van der Waals surface area contributed by atoms with Crippen LogP contribution in [0.4, 0.5) is 0 Å². The highest BCUT2D eigenvalue weighted by Gasteiger charge is 1.93. The van der Waals surface area contributed by atoms with Crippen LogP contribution in [0, 0.1) is 0 Å². The molecule has 0 aliphatic heterocycles. The highest BCUT2D eigenvalue weighted by atomic mass is 32.2. The molecule has 1 aromatic rings.